The van der Waals surface area contributed by atoms with Crippen LogP contribution in [0.4, 0.5) is 0 Å². The van der Waals surface area contributed by atoms with Crippen molar-refractivity contribution in [2.45, 2.75) is 45.4 Å². The predicted molar refractivity (Wildman–Crippen MR) is 119 cm³/mol. The fourth-order valence-electron chi connectivity index (χ4n) is 4.50. The average molecular weight is 486 g/mol. The molecule has 5 rings (SSSR count). The van der Waals surface area contributed by atoms with E-state index in [1.807, 2.05) is 12.1 Å². The Labute approximate surface area is 189 Å². The number of rotatable bonds is 3. The average Bonchev–Trinajstić information content (AvgIpc) is 3.07. The van der Waals surface area contributed by atoms with Gasteiger partial charge in [-0.2, -0.15) is 0 Å². The first-order valence-electron chi connectivity index (χ1n) is 10.6. The zero-order chi connectivity index (χ0) is 21.5. The molecule has 0 bridgehead atoms. The number of nitrogens with zero attached hydrogens (tertiary/aromatic N) is 1. The number of ether oxygens (including phenoxy) is 3. The van der Waals surface area contributed by atoms with Gasteiger partial charge >= 0.3 is 0 Å². The van der Waals surface area contributed by atoms with Crippen molar-refractivity contribution in [3.63, 3.8) is 0 Å². The number of fused-ring (bicyclic) bond motifs is 2. The summed E-state index contributed by atoms with van der Waals surface area (Å²) in [6, 6.07) is 7.50. The highest BCUT2D eigenvalue weighted by atomic mass is 79.9. The van der Waals surface area contributed by atoms with Gasteiger partial charge in [0.2, 0.25) is 5.78 Å². The number of Topliss-reactive ketones (excluding diaryl/α,β-unsaturated/α-hetero) is 1. The SMILES string of the molecule is C[C@H]1CCCCN1Cc1c(O)ccc2c1OC(=Cc1cc(Br)cc3c1OCOC3)C2=O. The van der Waals surface area contributed by atoms with Crippen LogP contribution in [0, 0.1) is 0 Å². The summed E-state index contributed by atoms with van der Waals surface area (Å²) in [5.41, 5.74) is 2.81. The number of ketones is 1. The van der Waals surface area contributed by atoms with Crippen molar-refractivity contribution >= 4 is 27.8 Å². The molecular weight excluding hydrogens is 462 g/mol. The number of aromatic hydroxyl groups is 1. The normalized spacial score (nSPS) is 22.1. The summed E-state index contributed by atoms with van der Waals surface area (Å²) >= 11 is 3.51. The standard InChI is InChI=1S/C24H24BrNO5/c1-14-4-2-3-7-26(14)11-19-20(27)6-5-18-22(28)21(31-24(18)19)10-15-8-17(25)9-16-12-29-13-30-23(15)16/h5-6,8-10,14,27H,2-4,7,11-13H2,1H3/t14-/m0/s1. The zero-order valence-corrected chi connectivity index (χ0v) is 18.9. The van der Waals surface area contributed by atoms with E-state index in [0.717, 1.165) is 35.0 Å². The van der Waals surface area contributed by atoms with Gasteiger partial charge in [-0.25, -0.2) is 0 Å². The van der Waals surface area contributed by atoms with Crippen LogP contribution in [0.2, 0.25) is 0 Å². The Kier molecular flexibility index (Phi) is 5.50. The number of hydrogen-bond acceptors (Lipinski definition) is 6. The fourth-order valence-corrected chi connectivity index (χ4v) is 5.03. The molecule has 2 aromatic rings. The van der Waals surface area contributed by atoms with Gasteiger partial charge in [0.1, 0.15) is 17.2 Å². The number of likely N-dealkylation sites (tertiary alicyclic amines) is 1. The minimum absolute atomic E-state index is 0.158. The van der Waals surface area contributed by atoms with Gasteiger partial charge in [0.25, 0.3) is 0 Å². The second-order valence-corrected chi connectivity index (χ2v) is 9.20. The molecule has 1 fully saturated rings. The van der Waals surface area contributed by atoms with Crippen LogP contribution in [0.15, 0.2) is 34.5 Å². The molecule has 0 aromatic heterocycles. The summed E-state index contributed by atoms with van der Waals surface area (Å²) in [6.45, 7) is 4.36. The van der Waals surface area contributed by atoms with Gasteiger partial charge in [-0.1, -0.05) is 22.4 Å². The highest BCUT2D eigenvalue weighted by Crippen LogP contribution is 2.42. The van der Waals surface area contributed by atoms with E-state index >= 15 is 0 Å². The monoisotopic (exact) mass is 485 g/mol. The van der Waals surface area contributed by atoms with E-state index < -0.39 is 0 Å². The Bertz CT molecular complexity index is 1080. The smallest absolute Gasteiger partial charge is 0.231 e. The largest absolute Gasteiger partial charge is 0.507 e. The van der Waals surface area contributed by atoms with Crippen molar-refractivity contribution < 1.29 is 24.1 Å². The van der Waals surface area contributed by atoms with E-state index in [1.54, 1.807) is 18.2 Å². The molecule has 3 heterocycles. The van der Waals surface area contributed by atoms with Crippen LogP contribution in [0.5, 0.6) is 17.2 Å². The van der Waals surface area contributed by atoms with E-state index in [1.165, 1.54) is 6.42 Å². The van der Waals surface area contributed by atoms with Gasteiger partial charge in [0.05, 0.1) is 17.7 Å². The Balaban J connectivity index is 1.50. The third kappa shape index (κ3) is 3.86. The predicted octanol–water partition coefficient (Wildman–Crippen LogP) is 5.01. The maximum Gasteiger partial charge on any atom is 0.231 e. The van der Waals surface area contributed by atoms with Gasteiger partial charge < -0.3 is 19.3 Å². The van der Waals surface area contributed by atoms with Crippen LogP contribution in [-0.2, 0) is 17.9 Å². The Morgan fingerprint density at radius 3 is 2.97 bits per heavy atom. The number of piperidine rings is 1. The third-order valence-corrected chi connectivity index (χ3v) is 6.67. The van der Waals surface area contributed by atoms with Gasteiger partial charge in [-0.15, -0.1) is 0 Å². The second-order valence-electron chi connectivity index (χ2n) is 8.29. The molecule has 162 valence electrons. The molecule has 0 amide bonds. The lowest BCUT2D eigenvalue weighted by Gasteiger charge is -2.33. The summed E-state index contributed by atoms with van der Waals surface area (Å²) in [5.74, 6) is 1.35. The summed E-state index contributed by atoms with van der Waals surface area (Å²) in [6.07, 6.45) is 5.21. The van der Waals surface area contributed by atoms with E-state index in [4.69, 9.17) is 14.2 Å². The van der Waals surface area contributed by atoms with Crippen molar-refractivity contribution in [3.8, 4) is 17.2 Å². The Morgan fingerprint density at radius 2 is 2.13 bits per heavy atom. The molecule has 0 radical (unpaired) electrons. The number of hydrogen-bond donors (Lipinski definition) is 1. The maximum absolute atomic E-state index is 13.1. The molecule has 31 heavy (non-hydrogen) atoms. The molecule has 3 aliphatic heterocycles. The topological polar surface area (TPSA) is 68.2 Å². The summed E-state index contributed by atoms with van der Waals surface area (Å²) in [5, 5.41) is 10.6. The highest BCUT2D eigenvalue weighted by Gasteiger charge is 2.33. The summed E-state index contributed by atoms with van der Waals surface area (Å²) < 4.78 is 18.0. The van der Waals surface area contributed by atoms with E-state index in [2.05, 4.69) is 27.8 Å². The fraction of sp³-hybridized carbons (Fsp3) is 0.375. The maximum atomic E-state index is 13.1. The number of phenolic OH excluding ortho intramolecular Hbond substituents is 1. The molecule has 0 aliphatic carbocycles. The first-order chi connectivity index (χ1) is 15.0. The number of benzene rings is 2. The van der Waals surface area contributed by atoms with Crippen LogP contribution in [0.1, 0.15) is 53.2 Å². The number of halogens is 1. The molecule has 1 N–H and O–H groups in total. The van der Waals surface area contributed by atoms with E-state index in [0.29, 0.717) is 41.8 Å². The summed E-state index contributed by atoms with van der Waals surface area (Å²) in [7, 11) is 0. The molecule has 0 spiro atoms. The van der Waals surface area contributed by atoms with Gasteiger partial charge in [0.15, 0.2) is 12.6 Å². The highest BCUT2D eigenvalue weighted by molar-refractivity contribution is 9.10. The molecule has 1 saturated heterocycles. The molecule has 6 nitrogen and oxygen atoms in total. The minimum Gasteiger partial charge on any atom is -0.507 e. The van der Waals surface area contributed by atoms with Crippen LogP contribution < -0.4 is 9.47 Å². The van der Waals surface area contributed by atoms with Crippen LogP contribution in [0.3, 0.4) is 0 Å². The number of allylic oxidation sites excluding steroid dienone is 1. The number of phenols is 1. The van der Waals surface area contributed by atoms with Gasteiger partial charge in [-0.05, 0) is 56.7 Å². The molecular formula is C24H24BrNO5. The number of carbonyl (C=O) groups excluding carboxylic acids is 1. The quantitative estimate of drug-likeness (QED) is 0.616. The third-order valence-electron chi connectivity index (χ3n) is 6.21. The Hall–Kier alpha value is -2.35. The van der Waals surface area contributed by atoms with Crippen molar-refractivity contribution in [2.24, 2.45) is 0 Å². The molecule has 7 heteroatoms. The minimum atomic E-state index is -0.191. The van der Waals surface area contributed by atoms with Crippen molar-refractivity contribution in [3.05, 3.63) is 56.8 Å². The van der Waals surface area contributed by atoms with E-state index in [9.17, 15) is 9.90 Å². The lowest BCUT2D eigenvalue weighted by Crippen LogP contribution is -2.36. The summed E-state index contributed by atoms with van der Waals surface area (Å²) in [4.78, 5) is 15.4. The molecule has 0 saturated carbocycles. The Morgan fingerprint density at radius 1 is 1.26 bits per heavy atom. The molecule has 3 aliphatic rings. The van der Waals surface area contributed by atoms with E-state index in [-0.39, 0.29) is 24.1 Å². The van der Waals surface area contributed by atoms with Crippen LogP contribution in [0.25, 0.3) is 6.08 Å². The molecule has 1 atom stereocenters. The van der Waals surface area contributed by atoms with Crippen molar-refractivity contribution in [1.82, 2.24) is 4.90 Å². The van der Waals surface area contributed by atoms with Crippen LogP contribution >= 0.6 is 15.9 Å². The first-order valence-corrected chi connectivity index (χ1v) is 11.4. The number of carbonyl (C=O) groups is 1. The second kappa shape index (κ2) is 8.30. The van der Waals surface area contributed by atoms with Crippen molar-refractivity contribution in [2.75, 3.05) is 13.3 Å². The van der Waals surface area contributed by atoms with Gasteiger partial charge in [-0.3, -0.25) is 9.69 Å². The zero-order valence-electron chi connectivity index (χ0n) is 17.3. The van der Waals surface area contributed by atoms with Crippen LogP contribution in [-0.4, -0.2) is 35.2 Å². The lowest BCUT2D eigenvalue weighted by molar-refractivity contribution is -0.0165. The van der Waals surface area contributed by atoms with Crippen molar-refractivity contribution in [1.29, 1.82) is 0 Å². The molecule has 2 aromatic carbocycles. The lowest BCUT2D eigenvalue weighted by atomic mass is 10.0. The molecule has 0 unspecified atom stereocenters. The van der Waals surface area contributed by atoms with Gasteiger partial charge in [0, 0.05) is 28.2 Å². The first kappa shape index (κ1) is 20.5.